The van der Waals surface area contributed by atoms with Gasteiger partial charge in [-0.15, -0.1) is 5.11 Å². The normalized spacial score (nSPS) is 12.1. The molecular formula is C25H34N7O2P. The molecule has 0 saturated carbocycles. The van der Waals surface area contributed by atoms with Crippen molar-refractivity contribution in [1.82, 2.24) is 15.3 Å². The SMILES string of the molecule is CC(C)(C)OC(=O)NCCCCCCCNc1nc2cc(/C(N=N)=N/P)ccc2c2cnccc12. The Bertz CT molecular complexity index is 1210. The minimum absolute atomic E-state index is 0.334. The van der Waals surface area contributed by atoms with Crippen LogP contribution in [0.1, 0.15) is 58.4 Å². The van der Waals surface area contributed by atoms with Gasteiger partial charge in [0, 0.05) is 47.2 Å². The summed E-state index contributed by atoms with van der Waals surface area (Å²) in [7, 11) is 2.25. The second kappa shape index (κ2) is 12.5. The Kier molecular flexibility index (Phi) is 9.43. The van der Waals surface area contributed by atoms with E-state index in [2.05, 4.69) is 34.9 Å². The van der Waals surface area contributed by atoms with Crippen molar-refractivity contribution in [2.45, 2.75) is 58.5 Å². The van der Waals surface area contributed by atoms with Crippen molar-refractivity contribution in [2.75, 3.05) is 18.4 Å². The van der Waals surface area contributed by atoms with Crippen LogP contribution < -0.4 is 10.6 Å². The van der Waals surface area contributed by atoms with Crippen LogP contribution in [0.4, 0.5) is 10.6 Å². The van der Waals surface area contributed by atoms with Crippen LogP contribution >= 0.6 is 9.39 Å². The molecule has 0 spiro atoms. The lowest BCUT2D eigenvalue weighted by Gasteiger charge is -2.19. The largest absolute Gasteiger partial charge is 0.444 e. The second-order valence-electron chi connectivity index (χ2n) is 9.30. The molecule has 3 N–H and O–H groups in total. The zero-order valence-corrected chi connectivity index (χ0v) is 21.8. The number of unbranched alkanes of at least 4 members (excludes halogenated alkanes) is 4. The number of amidine groups is 1. The van der Waals surface area contributed by atoms with E-state index >= 15 is 0 Å². The Hall–Kier alpha value is -3.19. The Labute approximate surface area is 208 Å². The lowest BCUT2D eigenvalue weighted by atomic mass is 10.1. The Morgan fingerprint density at radius 2 is 1.80 bits per heavy atom. The zero-order valence-electron chi connectivity index (χ0n) is 20.6. The highest BCUT2D eigenvalue weighted by molar-refractivity contribution is 7.15. The van der Waals surface area contributed by atoms with Crippen LogP contribution in [0.5, 0.6) is 0 Å². The quantitative estimate of drug-likeness (QED) is 0.0767. The topological polar surface area (TPSA) is 125 Å². The average Bonchev–Trinajstić information content (AvgIpc) is 2.82. The van der Waals surface area contributed by atoms with E-state index in [1.54, 1.807) is 6.20 Å². The molecule has 9 nitrogen and oxygen atoms in total. The predicted molar refractivity (Wildman–Crippen MR) is 144 cm³/mol. The van der Waals surface area contributed by atoms with Gasteiger partial charge in [-0.05, 0) is 55.1 Å². The van der Waals surface area contributed by atoms with Gasteiger partial charge in [0.2, 0.25) is 0 Å². The van der Waals surface area contributed by atoms with E-state index in [-0.39, 0.29) is 6.09 Å². The fraction of sp³-hybridized carbons (Fsp3) is 0.440. The average molecular weight is 496 g/mol. The van der Waals surface area contributed by atoms with E-state index in [0.29, 0.717) is 12.4 Å². The minimum Gasteiger partial charge on any atom is -0.444 e. The third kappa shape index (κ3) is 7.65. The standard InChI is InChI=1S/C25H34N7O2P/c1-25(2,3)34-24(33)29-13-8-6-4-5-7-12-28-23-19-11-14-27-16-20(19)18-10-9-17(15-21(18)30-23)22(31-26)32-35/h9-11,14-16,26H,4-8,12-13,35H2,1-3H3,(H,28,30)(H,29,33)/b31-26?,32-22-. The van der Waals surface area contributed by atoms with Gasteiger partial charge in [0.1, 0.15) is 11.4 Å². The van der Waals surface area contributed by atoms with Gasteiger partial charge in [-0.25, -0.2) is 20.1 Å². The van der Waals surface area contributed by atoms with Gasteiger partial charge < -0.3 is 15.4 Å². The van der Waals surface area contributed by atoms with Crippen molar-refractivity contribution in [3.8, 4) is 0 Å². The molecule has 0 aliphatic rings. The second-order valence-corrected chi connectivity index (χ2v) is 9.56. The number of ether oxygens (including phenoxy) is 1. The molecule has 1 aromatic carbocycles. The summed E-state index contributed by atoms with van der Waals surface area (Å²) in [5.74, 6) is 1.15. The third-order valence-corrected chi connectivity index (χ3v) is 5.64. The molecule has 0 aliphatic heterocycles. The first-order valence-electron chi connectivity index (χ1n) is 11.9. The molecule has 35 heavy (non-hydrogen) atoms. The van der Waals surface area contributed by atoms with Crippen molar-refractivity contribution in [3.63, 3.8) is 0 Å². The van der Waals surface area contributed by atoms with Gasteiger partial charge in [-0.2, -0.15) is 0 Å². The first kappa shape index (κ1) is 26.4. The maximum Gasteiger partial charge on any atom is 0.407 e. The highest BCUT2D eigenvalue weighted by atomic mass is 31.0. The van der Waals surface area contributed by atoms with Crippen LogP contribution in [0.2, 0.25) is 0 Å². The maximum absolute atomic E-state index is 11.7. The van der Waals surface area contributed by atoms with Crippen molar-refractivity contribution >= 4 is 48.8 Å². The number of pyridine rings is 2. The van der Waals surface area contributed by atoms with Crippen molar-refractivity contribution in [1.29, 1.82) is 5.53 Å². The van der Waals surface area contributed by atoms with Crippen LogP contribution in [0.25, 0.3) is 21.7 Å². The summed E-state index contributed by atoms with van der Waals surface area (Å²) in [5.41, 5.74) is 8.40. The molecular weight excluding hydrogens is 461 g/mol. The molecule has 3 rings (SSSR count). The molecule has 1 atom stereocenters. The van der Waals surface area contributed by atoms with Crippen LogP contribution in [-0.4, -0.2) is 40.6 Å². The number of nitrogens with zero attached hydrogens (tertiary/aromatic N) is 4. The number of anilines is 1. The Morgan fingerprint density at radius 3 is 2.51 bits per heavy atom. The Morgan fingerprint density at radius 1 is 1.06 bits per heavy atom. The highest BCUT2D eigenvalue weighted by Crippen LogP contribution is 2.29. The van der Waals surface area contributed by atoms with Crippen LogP contribution in [0, 0.1) is 5.53 Å². The Balaban J connectivity index is 1.52. The number of aromatic nitrogens is 2. The first-order valence-corrected chi connectivity index (χ1v) is 12.4. The molecule has 10 heteroatoms. The molecule has 0 radical (unpaired) electrons. The number of alkyl carbamates (subject to hydrolysis) is 1. The van der Waals surface area contributed by atoms with E-state index in [9.17, 15) is 4.79 Å². The van der Waals surface area contributed by atoms with E-state index in [1.807, 2.05) is 51.2 Å². The van der Waals surface area contributed by atoms with E-state index < -0.39 is 5.60 Å². The number of hydrogen-bond donors (Lipinski definition) is 3. The fourth-order valence-electron chi connectivity index (χ4n) is 3.78. The number of fused-ring (bicyclic) bond motifs is 3. The molecule has 2 aromatic heterocycles. The van der Waals surface area contributed by atoms with Crippen molar-refractivity contribution in [2.24, 2.45) is 9.88 Å². The predicted octanol–water partition coefficient (Wildman–Crippen LogP) is 6.24. The molecule has 1 amide bonds. The molecule has 0 bridgehead atoms. The summed E-state index contributed by atoms with van der Waals surface area (Å²) in [6.07, 6.45) is 8.49. The van der Waals surface area contributed by atoms with Gasteiger partial charge in [-0.3, -0.25) is 4.98 Å². The van der Waals surface area contributed by atoms with Gasteiger partial charge >= 0.3 is 6.09 Å². The van der Waals surface area contributed by atoms with Gasteiger partial charge in [0.05, 0.1) is 5.52 Å². The molecule has 186 valence electrons. The maximum atomic E-state index is 11.7. The third-order valence-electron chi connectivity index (χ3n) is 5.40. The van der Waals surface area contributed by atoms with E-state index in [0.717, 1.165) is 71.7 Å². The zero-order chi connectivity index (χ0) is 25.3. The fourth-order valence-corrected chi connectivity index (χ4v) is 3.99. The van der Waals surface area contributed by atoms with Crippen molar-refractivity contribution in [3.05, 3.63) is 42.2 Å². The van der Waals surface area contributed by atoms with Gasteiger partial charge in [-0.1, -0.05) is 31.4 Å². The monoisotopic (exact) mass is 495 g/mol. The number of benzene rings is 1. The molecule has 2 heterocycles. The summed E-state index contributed by atoms with van der Waals surface area (Å²) in [4.78, 5) is 20.8. The summed E-state index contributed by atoms with van der Waals surface area (Å²) in [6, 6.07) is 7.75. The van der Waals surface area contributed by atoms with Crippen LogP contribution in [0.15, 0.2) is 46.5 Å². The number of carbonyl (C=O) groups excluding carboxylic acids is 1. The minimum atomic E-state index is -0.468. The van der Waals surface area contributed by atoms with Crippen molar-refractivity contribution < 1.29 is 9.53 Å². The summed E-state index contributed by atoms with van der Waals surface area (Å²) in [5, 5.41) is 12.8. The van der Waals surface area contributed by atoms with Gasteiger partial charge in [0.15, 0.2) is 5.84 Å². The van der Waals surface area contributed by atoms with Crippen LogP contribution in [0.3, 0.4) is 0 Å². The van der Waals surface area contributed by atoms with E-state index in [4.69, 9.17) is 15.3 Å². The molecule has 3 aromatic rings. The molecule has 0 fully saturated rings. The lowest BCUT2D eigenvalue weighted by Crippen LogP contribution is -2.32. The number of carbonyl (C=O) groups is 1. The highest BCUT2D eigenvalue weighted by Gasteiger charge is 2.15. The number of amides is 1. The van der Waals surface area contributed by atoms with E-state index in [1.165, 1.54) is 0 Å². The van der Waals surface area contributed by atoms with Gasteiger partial charge in [0.25, 0.3) is 0 Å². The molecule has 0 saturated heterocycles. The smallest absolute Gasteiger partial charge is 0.407 e. The first-order chi connectivity index (χ1) is 16.8. The lowest BCUT2D eigenvalue weighted by molar-refractivity contribution is 0.0527. The summed E-state index contributed by atoms with van der Waals surface area (Å²) < 4.78 is 9.22. The number of nitrogens with one attached hydrogen (secondary N) is 3. The summed E-state index contributed by atoms with van der Waals surface area (Å²) >= 11 is 0. The molecule has 0 aliphatic carbocycles. The number of hydrogen-bond acceptors (Lipinski definition) is 7. The molecule has 1 unspecified atom stereocenters. The summed E-state index contributed by atoms with van der Waals surface area (Å²) in [6.45, 7) is 7.02. The van der Waals surface area contributed by atoms with Crippen LogP contribution in [-0.2, 0) is 4.74 Å². The number of rotatable bonds is 10.